The first-order valence-electron chi connectivity index (χ1n) is 5.52. The normalized spacial score (nSPS) is 15.4. The van der Waals surface area contributed by atoms with Crippen molar-refractivity contribution in [1.29, 1.82) is 0 Å². The molecule has 0 atom stereocenters. The third kappa shape index (κ3) is 2.36. The maximum absolute atomic E-state index is 5.68. The molecule has 1 fully saturated rings. The van der Waals surface area contributed by atoms with Crippen LogP contribution in [0, 0.1) is 0 Å². The molecule has 0 bridgehead atoms. The fraction of sp³-hybridized carbons (Fsp3) is 0.500. The summed E-state index contributed by atoms with van der Waals surface area (Å²) in [5, 5.41) is 9.37. The zero-order valence-corrected chi connectivity index (χ0v) is 10.9. The maximum atomic E-state index is 5.68. The molecule has 2 N–H and O–H groups in total. The molecule has 0 radical (unpaired) electrons. The minimum atomic E-state index is 0.463. The van der Waals surface area contributed by atoms with Gasteiger partial charge in [0, 0.05) is 22.9 Å². The van der Waals surface area contributed by atoms with Crippen LogP contribution in [0.1, 0.15) is 29.6 Å². The van der Waals surface area contributed by atoms with Gasteiger partial charge >= 0.3 is 0 Å². The molecule has 0 aliphatic heterocycles. The lowest BCUT2D eigenvalue weighted by molar-refractivity contribution is 0.626. The van der Waals surface area contributed by atoms with Crippen LogP contribution in [0.15, 0.2) is 16.9 Å². The summed E-state index contributed by atoms with van der Waals surface area (Å²) >= 11 is 3.38. The Morgan fingerprint density at radius 2 is 2.35 bits per heavy atom. The van der Waals surface area contributed by atoms with Crippen molar-refractivity contribution in [3.05, 3.63) is 22.4 Å². The highest BCUT2D eigenvalue weighted by atomic mass is 32.2. The molecule has 7 heteroatoms. The van der Waals surface area contributed by atoms with Gasteiger partial charge in [-0.1, -0.05) is 11.8 Å². The second kappa shape index (κ2) is 4.75. The van der Waals surface area contributed by atoms with Gasteiger partial charge in [0.05, 0.1) is 12.1 Å². The molecule has 1 saturated carbocycles. The molecule has 1 aliphatic rings. The van der Waals surface area contributed by atoms with E-state index in [9.17, 15) is 0 Å². The van der Waals surface area contributed by atoms with Gasteiger partial charge in [-0.05, 0) is 12.8 Å². The van der Waals surface area contributed by atoms with Crippen LogP contribution in [-0.2, 0) is 12.3 Å². The van der Waals surface area contributed by atoms with Gasteiger partial charge in [-0.25, -0.2) is 0 Å². The highest BCUT2D eigenvalue weighted by molar-refractivity contribution is 7.98. The number of rotatable bonds is 5. The van der Waals surface area contributed by atoms with Crippen LogP contribution in [0.5, 0.6) is 0 Å². The molecule has 2 aromatic heterocycles. The molecule has 2 heterocycles. The lowest BCUT2D eigenvalue weighted by Crippen LogP contribution is -2.07. The van der Waals surface area contributed by atoms with E-state index in [1.54, 1.807) is 23.1 Å². The third-order valence-corrected chi connectivity index (χ3v) is 4.61. The van der Waals surface area contributed by atoms with Gasteiger partial charge in [0.25, 0.3) is 0 Å². The average Bonchev–Trinajstić information content (AvgIpc) is 2.92. The number of aromatic nitrogens is 4. The summed E-state index contributed by atoms with van der Waals surface area (Å²) in [6.45, 7) is 0.463. The van der Waals surface area contributed by atoms with Crippen LogP contribution >= 0.6 is 23.1 Å². The van der Waals surface area contributed by atoms with E-state index < -0.39 is 0 Å². The summed E-state index contributed by atoms with van der Waals surface area (Å²) in [5.41, 5.74) is 7.53. The van der Waals surface area contributed by atoms with E-state index in [2.05, 4.69) is 19.7 Å². The molecule has 17 heavy (non-hydrogen) atoms. The van der Waals surface area contributed by atoms with Gasteiger partial charge in [-0.3, -0.25) is 4.98 Å². The lowest BCUT2D eigenvalue weighted by atomic mass is 10.5. The molecule has 3 rings (SSSR count). The van der Waals surface area contributed by atoms with Gasteiger partial charge in [-0.15, -0.1) is 21.5 Å². The number of nitrogens with zero attached hydrogens (tertiary/aromatic N) is 4. The minimum Gasteiger partial charge on any atom is -0.324 e. The van der Waals surface area contributed by atoms with E-state index >= 15 is 0 Å². The fourth-order valence-electron chi connectivity index (χ4n) is 1.69. The second-order valence-corrected chi connectivity index (χ2v) is 5.87. The number of hydrogen-bond donors (Lipinski definition) is 1. The molecule has 1 aliphatic carbocycles. The van der Waals surface area contributed by atoms with E-state index in [0.717, 1.165) is 16.7 Å². The van der Waals surface area contributed by atoms with E-state index in [-0.39, 0.29) is 0 Å². The number of hydrogen-bond acceptors (Lipinski definition) is 6. The Morgan fingerprint density at radius 1 is 1.47 bits per heavy atom. The topological polar surface area (TPSA) is 69.6 Å². The average molecular weight is 267 g/mol. The summed E-state index contributed by atoms with van der Waals surface area (Å²) in [4.78, 5) is 5.33. The smallest absolute Gasteiger partial charge is 0.191 e. The summed E-state index contributed by atoms with van der Waals surface area (Å²) in [6, 6.07) is 0.576. The van der Waals surface area contributed by atoms with Crippen LogP contribution in [0.4, 0.5) is 0 Å². The third-order valence-electron chi connectivity index (χ3n) is 2.66. The highest BCUT2D eigenvalue weighted by Crippen LogP contribution is 2.39. The van der Waals surface area contributed by atoms with Crippen molar-refractivity contribution in [3.8, 4) is 0 Å². The van der Waals surface area contributed by atoms with Crippen LogP contribution in [0.2, 0.25) is 0 Å². The molecule has 0 amide bonds. The minimum absolute atomic E-state index is 0.463. The van der Waals surface area contributed by atoms with Crippen molar-refractivity contribution in [2.75, 3.05) is 0 Å². The first-order chi connectivity index (χ1) is 8.38. The van der Waals surface area contributed by atoms with E-state index in [1.165, 1.54) is 17.7 Å². The van der Waals surface area contributed by atoms with Crippen molar-refractivity contribution in [3.63, 3.8) is 0 Å². The molecule has 0 unspecified atom stereocenters. The van der Waals surface area contributed by atoms with E-state index in [1.807, 2.05) is 11.7 Å². The molecule has 90 valence electrons. The molecule has 2 aromatic rings. The van der Waals surface area contributed by atoms with Crippen molar-refractivity contribution in [2.24, 2.45) is 5.73 Å². The lowest BCUT2D eigenvalue weighted by Gasteiger charge is -2.06. The zero-order valence-electron chi connectivity index (χ0n) is 9.24. The van der Waals surface area contributed by atoms with Crippen LogP contribution < -0.4 is 5.73 Å². The molecule has 0 saturated heterocycles. The first kappa shape index (κ1) is 11.2. The second-order valence-electron chi connectivity index (χ2n) is 3.96. The first-order valence-corrected chi connectivity index (χ1v) is 7.39. The SMILES string of the molecule is NCc1nnc(SCc2cncs2)n1C1CC1. The number of nitrogens with two attached hydrogens (primary N) is 1. The van der Waals surface area contributed by atoms with E-state index in [4.69, 9.17) is 5.73 Å². The van der Waals surface area contributed by atoms with Gasteiger partial charge in [-0.2, -0.15) is 0 Å². The summed E-state index contributed by atoms with van der Waals surface area (Å²) < 4.78 is 2.20. The van der Waals surface area contributed by atoms with Gasteiger partial charge in [0.2, 0.25) is 0 Å². The summed E-state index contributed by atoms with van der Waals surface area (Å²) in [5.74, 6) is 1.81. The number of thioether (sulfide) groups is 1. The number of thiazole rings is 1. The predicted molar refractivity (Wildman–Crippen MR) is 67.9 cm³/mol. The molecular formula is C10H13N5S2. The Hall–Kier alpha value is -0.920. The van der Waals surface area contributed by atoms with Crippen molar-refractivity contribution < 1.29 is 0 Å². The van der Waals surface area contributed by atoms with E-state index in [0.29, 0.717) is 12.6 Å². The van der Waals surface area contributed by atoms with Gasteiger partial charge in [0.1, 0.15) is 5.82 Å². The molecule has 0 spiro atoms. The zero-order chi connectivity index (χ0) is 11.7. The Bertz CT molecular complexity index is 489. The summed E-state index contributed by atoms with van der Waals surface area (Å²) in [6.07, 6.45) is 4.34. The quantitative estimate of drug-likeness (QED) is 0.837. The Balaban J connectivity index is 1.76. The molecular weight excluding hydrogens is 254 g/mol. The van der Waals surface area contributed by atoms with Gasteiger partial charge in [0.15, 0.2) is 5.16 Å². The Morgan fingerprint density at radius 3 is 3.00 bits per heavy atom. The Kier molecular flexibility index (Phi) is 3.13. The molecule has 0 aromatic carbocycles. The monoisotopic (exact) mass is 267 g/mol. The van der Waals surface area contributed by atoms with Crippen molar-refractivity contribution in [1.82, 2.24) is 19.7 Å². The fourth-order valence-corrected chi connectivity index (χ4v) is 3.36. The van der Waals surface area contributed by atoms with Crippen molar-refractivity contribution >= 4 is 23.1 Å². The molecule has 5 nitrogen and oxygen atoms in total. The standard InChI is InChI=1S/C10H13N5S2/c11-3-9-13-14-10(15(9)7-1-2-7)16-5-8-4-12-6-17-8/h4,6-7H,1-3,5,11H2. The Labute approximate surface area is 107 Å². The van der Waals surface area contributed by atoms with Crippen LogP contribution in [0.3, 0.4) is 0 Å². The largest absolute Gasteiger partial charge is 0.324 e. The predicted octanol–water partition coefficient (Wildman–Crippen LogP) is 1.82. The summed E-state index contributed by atoms with van der Waals surface area (Å²) in [7, 11) is 0. The maximum Gasteiger partial charge on any atom is 0.191 e. The van der Waals surface area contributed by atoms with Gasteiger partial charge < -0.3 is 10.3 Å². The van der Waals surface area contributed by atoms with Crippen molar-refractivity contribution in [2.45, 2.75) is 36.3 Å². The highest BCUT2D eigenvalue weighted by Gasteiger charge is 2.29. The van der Waals surface area contributed by atoms with Crippen LogP contribution in [0.25, 0.3) is 0 Å². The van der Waals surface area contributed by atoms with Crippen LogP contribution in [-0.4, -0.2) is 19.7 Å².